The summed E-state index contributed by atoms with van der Waals surface area (Å²) < 4.78 is 12.9. The number of carbonyl (C=O) groups excluding carboxylic acids is 1. The Morgan fingerprint density at radius 3 is 2.57 bits per heavy atom. The van der Waals surface area contributed by atoms with Crippen LogP contribution in [0.4, 0.5) is 4.39 Å². The molecule has 1 amide bonds. The van der Waals surface area contributed by atoms with Gasteiger partial charge >= 0.3 is 0 Å². The summed E-state index contributed by atoms with van der Waals surface area (Å²) in [4.78, 5) is 16.5. The number of nitrogens with two attached hydrogens (primary N) is 1. The first kappa shape index (κ1) is 17.6. The number of rotatable bonds is 7. The molecule has 0 aliphatic rings. The Labute approximate surface area is 139 Å². The first-order valence-electron chi connectivity index (χ1n) is 7.71. The molecule has 0 bridgehead atoms. The summed E-state index contributed by atoms with van der Waals surface area (Å²) in [5.41, 5.74) is 7.17. The highest BCUT2D eigenvalue weighted by atomic mass is 32.1. The molecule has 0 fully saturated rings. The Balaban J connectivity index is 1.95. The number of aromatic nitrogens is 1. The lowest BCUT2D eigenvalue weighted by molar-refractivity contribution is 0.0937. The van der Waals surface area contributed by atoms with Crippen LogP contribution in [0.5, 0.6) is 0 Å². The van der Waals surface area contributed by atoms with E-state index in [4.69, 9.17) is 5.73 Å². The molecule has 1 heterocycles. The average Bonchev–Trinajstić information content (AvgIpc) is 3.03. The minimum absolute atomic E-state index is 0.205. The van der Waals surface area contributed by atoms with Crippen molar-refractivity contribution >= 4 is 17.2 Å². The van der Waals surface area contributed by atoms with Crippen molar-refractivity contribution in [3.8, 4) is 0 Å². The monoisotopic (exact) mass is 335 g/mol. The van der Waals surface area contributed by atoms with Gasteiger partial charge in [0.15, 0.2) is 0 Å². The highest BCUT2D eigenvalue weighted by Gasteiger charge is 2.22. The van der Waals surface area contributed by atoms with Crippen molar-refractivity contribution in [3.05, 3.63) is 51.7 Å². The molecule has 0 atom stereocenters. The Hall–Kier alpha value is -1.79. The summed E-state index contributed by atoms with van der Waals surface area (Å²) in [6.07, 6.45) is 2.19. The molecule has 0 aliphatic carbocycles. The summed E-state index contributed by atoms with van der Waals surface area (Å²) in [5, 5.41) is 5.42. The first-order chi connectivity index (χ1) is 11.0. The number of halogens is 1. The smallest absolute Gasteiger partial charge is 0.270 e. The average molecular weight is 335 g/mol. The molecule has 0 aliphatic heterocycles. The predicted molar refractivity (Wildman–Crippen MR) is 91.2 cm³/mol. The van der Waals surface area contributed by atoms with Gasteiger partial charge in [-0.05, 0) is 30.5 Å². The lowest BCUT2D eigenvalue weighted by Crippen LogP contribution is -2.49. The number of benzene rings is 1. The predicted octanol–water partition coefficient (Wildman–Crippen LogP) is 3.12. The molecule has 2 aromatic rings. The lowest BCUT2D eigenvalue weighted by atomic mass is 9.94. The fourth-order valence-corrected chi connectivity index (χ4v) is 2.93. The minimum atomic E-state index is -0.372. The van der Waals surface area contributed by atoms with Gasteiger partial charge in [0, 0.05) is 23.9 Å². The maximum atomic E-state index is 12.9. The summed E-state index contributed by atoms with van der Waals surface area (Å²) in [5.74, 6) is -0.464. The number of hydrogen-bond acceptors (Lipinski definition) is 4. The number of hydrogen-bond donors (Lipinski definition) is 2. The van der Waals surface area contributed by atoms with E-state index in [1.807, 2.05) is 13.8 Å². The molecule has 23 heavy (non-hydrogen) atoms. The van der Waals surface area contributed by atoms with Crippen molar-refractivity contribution in [3.63, 3.8) is 0 Å². The Morgan fingerprint density at radius 2 is 1.96 bits per heavy atom. The van der Waals surface area contributed by atoms with Gasteiger partial charge in [-0.2, -0.15) is 0 Å². The van der Waals surface area contributed by atoms with Gasteiger partial charge in [-0.1, -0.05) is 26.0 Å². The van der Waals surface area contributed by atoms with Crippen LogP contribution in [0.1, 0.15) is 47.7 Å². The largest absolute Gasteiger partial charge is 0.349 e. The molecule has 124 valence electrons. The molecule has 0 unspecified atom stereocenters. The molecule has 0 radical (unpaired) electrons. The van der Waals surface area contributed by atoms with E-state index in [0.717, 1.165) is 23.4 Å². The van der Waals surface area contributed by atoms with Crippen LogP contribution in [0.2, 0.25) is 0 Å². The van der Waals surface area contributed by atoms with Crippen molar-refractivity contribution in [1.29, 1.82) is 0 Å². The summed E-state index contributed by atoms with van der Waals surface area (Å²) in [6, 6.07) is 6.29. The highest BCUT2D eigenvalue weighted by Crippen LogP contribution is 2.16. The van der Waals surface area contributed by atoms with Crippen molar-refractivity contribution < 1.29 is 9.18 Å². The number of thiazole rings is 1. The van der Waals surface area contributed by atoms with Crippen molar-refractivity contribution in [2.24, 2.45) is 5.73 Å². The summed E-state index contributed by atoms with van der Waals surface area (Å²) in [6.45, 7) is 4.46. The van der Waals surface area contributed by atoms with Gasteiger partial charge in [0.2, 0.25) is 0 Å². The van der Waals surface area contributed by atoms with Gasteiger partial charge in [0.1, 0.15) is 11.5 Å². The quantitative estimate of drug-likeness (QED) is 0.817. The third kappa shape index (κ3) is 4.84. The molecule has 3 N–H and O–H groups in total. The second kappa shape index (κ2) is 7.66. The first-order valence-corrected chi connectivity index (χ1v) is 8.59. The van der Waals surface area contributed by atoms with Crippen LogP contribution in [0.3, 0.4) is 0 Å². The van der Waals surface area contributed by atoms with Gasteiger partial charge in [0.05, 0.1) is 5.01 Å². The van der Waals surface area contributed by atoms with Crippen LogP contribution in [-0.2, 0) is 6.42 Å². The van der Waals surface area contributed by atoms with Gasteiger partial charge in [-0.15, -0.1) is 11.3 Å². The topological polar surface area (TPSA) is 68.0 Å². The fraction of sp³-hybridized carbons (Fsp3) is 0.412. The van der Waals surface area contributed by atoms with E-state index >= 15 is 0 Å². The summed E-state index contributed by atoms with van der Waals surface area (Å²) in [7, 11) is 0. The van der Waals surface area contributed by atoms with Gasteiger partial charge < -0.3 is 11.1 Å². The molecule has 1 aromatic heterocycles. The second-order valence-corrected chi connectivity index (χ2v) is 6.62. The van der Waals surface area contributed by atoms with Crippen molar-refractivity contribution in [1.82, 2.24) is 10.3 Å². The molecular formula is C17H22FN3OS. The van der Waals surface area contributed by atoms with Crippen molar-refractivity contribution in [2.75, 3.05) is 6.54 Å². The van der Waals surface area contributed by atoms with E-state index in [2.05, 4.69) is 10.3 Å². The third-order valence-electron chi connectivity index (χ3n) is 4.06. The maximum Gasteiger partial charge on any atom is 0.270 e. The standard InChI is InChI=1S/C17H22FN3OS/c1-3-17(19,4-2)11-20-16(22)14-10-23-15(21-14)9-12-5-7-13(18)8-6-12/h5-8,10H,3-4,9,11,19H2,1-2H3,(H,20,22). The number of carbonyl (C=O) groups is 1. The van der Waals surface area contributed by atoms with Gasteiger partial charge in [-0.3, -0.25) is 4.79 Å². The molecule has 0 spiro atoms. The Kier molecular flexibility index (Phi) is 5.85. The van der Waals surface area contributed by atoms with Crippen LogP contribution in [0.25, 0.3) is 0 Å². The normalized spacial score (nSPS) is 11.5. The van der Waals surface area contributed by atoms with E-state index < -0.39 is 0 Å². The van der Waals surface area contributed by atoms with Gasteiger partial charge in [-0.25, -0.2) is 9.37 Å². The molecule has 0 saturated heterocycles. The molecule has 1 aromatic carbocycles. The van der Waals surface area contributed by atoms with Crippen molar-refractivity contribution in [2.45, 2.75) is 38.6 Å². The fourth-order valence-electron chi connectivity index (χ4n) is 2.12. The second-order valence-electron chi connectivity index (χ2n) is 5.68. The zero-order valence-corrected chi connectivity index (χ0v) is 14.3. The van der Waals surface area contributed by atoms with Gasteiger partial charge in [0.25, 0.3) is 5.91 Å². The van der Waals surface area contributed by atoms with Crippen LogP contribution in [0, 0.1) is 5.82 Å². The van der Waals surface area contributed by atoms with Crippen LogP contribution in [0.15, 0.2) is 29.6 Å². The third-order valence-corrected chi connectivity index (χ3v) is 4.91. The molecule has 4 nitrogen and oxygen atoms in total. The number of nitrogens with zero attached hydrogens (tertiary/aromatic N) is 1. The van der Waals surface area contributed by atoms with E-state index in [0.29, 0.717) is 18.7 Å². The highest BCUT2D eigenvalue weighted by molar-refractivity contribution is 7.09. The van der Waals surface area contributed by atoms with E-state index in [9.17, 15) is 9.18 Å². The zero-order chi connectivity index (χ0) is 16.9. The molecule has 6 heteroatoms. The minimum Gasteiger partial charge on any atom is -0.349 e. The Morgan fingerprint density at radius 1 is 1.30 bits per heavy atom. The number of nitrogens with one attached hydrogen (secondary N) is 1. The van der Waals surface area contributed by atoms with Crippen LogP contribution >= 0.6 is 11.3 Å². The van der Waals surface area contributed by atoms with E-state index in [-0.39, 0.29) is 17.3 Å². The summed E-state index contributed by atoms with van der Waals surface area (Å²) >= 11 is 1.42. The van der Waals surface area contributed by atoms with Crippen LogP contribution < -0.4 is 11.1 Å². The molecule has 2 rings (SSSR count). The van der Waals surface area contributed by atoms with Crippen LogP contribution in [-0.4, -0.2) is 23.0 Å². The maximum absolute atomic E-state index is 12.9. The zero-order valence-electron chi connectivity index (χ0n) is 13.4. The molecule has 0 saturated carbocycles. The van der Waals surface area contributed by atoms with E-state index in [1.54, 1.807) is 17.5 Å². The lowest BCUT2D eigenvalue weighted by Gasteiger charge is -2.26. The molecular weight excluding hydrogens is 313 g/mol. The van der Waals surface area contributed by atoms with E-state index in [1.165, 1.54) is 23.5 Å². The Bertz CT molecular complexity index is 650. The number of amides is 1. The SMILES string of the molecule is CCC(N)(CC)CNC(=O)c1csc(Cc2ccc(F)cc2)n1.